The summed E-state index contributed by atoms with van der Waals surface area (Å²) in [5.41, 5.74) is 1.56. The van der Waals surface area contributed by atoms with Gasteiger partial charge in [-0.25, -0.2) is 12.8 Å². The minimum absolute atomic E-state index is 0.0628. The van der Waals surface area contributed by atoms with Crippen molar-refractivity contribution in [3.63, 3.8) is 0 Å². The first-order valence-electron chi connectivity index (χ1n) is 12.0. The van der Waals surface area contributed by atoms with Gasteiger partial charge in [0, 0.05) is 50.8 Å². The van der Waals surface area contributed by atoms with Crippen molar-refractivity contribution in [2.75, 3.05) is 36.2 Å². The smallest absolute Gasteiger partial charge is 0.314 e. The predicted molar refractivity (Wildman–Crippen MR) is 134 cm³/mol. The van der Waals surface area contributed by atoms with Crippen molar-refractivity contribution in [1.82, 2.24) is 20.0 Å². The Morgan fingerprint density at radius 1 is 1.08 bits per heavy atom. The van der Waals surface area contributed by atoms with Crippen molar-refractivity contribution in [2.45, 2.75) is 33.4 Å². The summed E-state index contributed by atoms with van der Waals surface area (Å²) < 4.78 is 72.3. The molecule has 2 heterocycles. The Bertz CT molecular complexity index is 1370. The molecule has 13 heteroatoms. The number of carbonyl (C=O) groups excluding carboxylic acids is 1. The molecule has 0 atom stereocenters. The van der Waals surface area contributed by atoms with Crippen LogP contribution in [0.25, 0.3) is 11.5 Å². The molecule has 1 aromatic heterocycles. The summed E-state index contributed by atoms with van der Waals surface area (Å²) in [6.07, 6.45) is -2.95. The van der Waals surface area contributed by atoms with Crippen molar-refractivity contribution in [3.8, 4) is 11.5 Å². The zero-order valence-electron chi connectivity index (χ0n) is 21.0. The molecule has 1 aliphatic rings. The van der Waals surface area contributed by atoms with Crippen LogP contribution >= 0.6 is 0 Å². The number of sulfonamides is 1. The summed E-state index contributed by atoms with van der Waals surface area (Å²) >= 11 is 0. The van der Waals surface area contributed by atoms with E-state index in [4.69, 9.17) is 4.42 Å². The number of rotatable bonds is 9. The minimum atomic E-state index is -3.76. The number of carbonyl (C=O) groups is 1. The monoisotopic (exact) mass is 551 g/mol. The number of anilines is 1. The minimum Gasteiger partial charge on any atom is -0.415 e. The molecule has 38 heavy (non-hydrogen) atoms. The van der Waals surface area contributed by atoms with Crippen LogP contribution in [0.2, 0.25) is 0 Å². The Hall–Kier alpha value is -3.45. The first-order chi connectivity index (χ1) is 18.1. The van der Waals surface area contributed by atoms with Crippen LogP contribution in [0.4, 0.5) is 18.9 Å². The van der Waals surface area contributed by atoms with Gasteiger partial charge < -0.3 is 9.32 Å². The number of nitrogens with zero attached hydrogens (tertiary/aromatic N) is 5. The molecule has 0 N–H and O–H groups in total. The fraction of sp³-hybridized carbons (Fsp3) is 0.400. The number of aromatic nitrogens is 2. The van der Waals surface area contributed by atoms with Crippen molar-refractivity contribution in [1.29, 1.82) is 0 Å². The third kappa shape index (κ3) is 6.33. The van der Waals surface area contributed by atoms with Crippen LogP contribution in [0.5, 0.6) is 0 Å². The molecule has 204 valence electrons. The van der Waals surface area contributed by atoms with Crippen molar-refractivity contribution < 1.29 is 30.8 Å². The summed E-state index contributed by atoms with van der Waals surface area (Å²) in [6.45, 7) is 6.30. The molecule has 2 aromatic carbocycles. The number of piperazine rings is 1. The van der Waals surface area contributed by atoms with Gasteiger partial charge in [-0.3, -0.25) is 14.0 Å². The Morgan fingerprint density at radius 2 is 1.76 bits per heavy atom. The third-order valence-corrected chi connectivity index (χ3v) is 8.13. The molecule has 0 bridgehead atoms. The van der Waals surface area contributed by atoms with Gasteiger partial charge >= 0.3 is 6.43 Å². The largest absolute Gasteiger partial charge is 0.415 e. The van der Waals surface area contributed by atoms with Crippen LogP contribution in [0.1, 0.15) is 37.3 Å². The average molecular weight is 552 g/mol. The fourth-order valence-corrected chi connectivity index (χ4v) is 5.25. The highest BCUT2D eigenvalue weighted by Gasteiger charge is 2.24. The van der Waals surface area contributed by atoms with E-state index in [1.807, 2.05) is 12.1 Å². The van der Waals surface area contributed by atoms with Gasteiger partial charge in [0.2, 0.25) is 21.8 Å². The van der Waals surface area contributed by atoms with E-state index in [-0.39, 0.29) is 35.2 Å². The highest BCUT2D eigenvalue weighted by Crippen LogP contribution is 2.27. The Kier molecular flexibility index (Phi) is 8.36. The lowest BCUT2D eigenvalue weighted by Crippen LogP contribution is -2.47. The van der Waals surface area contributed by atoms with Crippen LogP contribution < -0.4 is 4.31 Å². The summed E-state index contributed by atoms with van der Waals surface area (Å²) in [4.78, 5) is 15.6. The maximum Gasteiger partial charge on any atom is 0.314 e. The van der Waals surface area contributed by atoms with Gasteiger partial charge in [0.05, 0.1) is 18.0 Å². The third-order valence-electron chi connectivity index (χ3n) is 6.39. The van der Waals surface area contributed by atoms with Crippen molar-refractivity contribution >= 4 is 21.6 Å². The normalized spacial score (nSPS) is 14.7. The maximum atomic E-state index is 15.0. The summed E-state index contributed by atoms with van der Waals surface area (Å²) in [7, 11) is -3.76. The molecule has 1 aliphatic heterocycles. The summed E-state index contributed by atoms with van der Waals surface area (Å²) in [5, 5.41) is 6.74. The van der Waals surface area contributed by atoms with E-state index in [1.54, 1.807) is 24.0 Å². The van der Waals surface area contributed by atoms with Crippen LogP contribution in [-0.2, 0) is 27.9 Å². The molecular weight excluding hydrogens is 523 g/mol. The number of alkyl halides is 2. The highest BCUT2D eigenvalue weighted by molar-refractivity contribution is 7.92. The SMILES string of the molecule is CCS(=O)(=O)N(Cc1ccc(-c2nnc(C(F)F)o2)cc1F)c1ccc(CN2CCN(C(C)=O)CC2)cc1. The van der Waals surface area contributed by atoms with E-state index < -0.39 is 28.2 Å². The number of hydrogen-bond donors (Lipinski definition) is 0. The second kappa shape index (κ2) is 11.5. The lowest BCUT2D eigenvalue weighted by molar-refractivity contribution is -0.130. The molecule has 4 rings (SSSR count). The standard InChI is InChI=1S/C25H28F3N5O4S/c1-3-38(35,36)33(16-20-7-6-19(14-22(20)26)24-29-30-25(37-24)23(27)28)21-8-4-18(5-9-21)15-31-10-12-32(13-11-31)17(2)34/h4-9,14,23H,3,10-13,15-16H2,1-2H3. The van der Waals surface area contributed by atoms with E-state index in [0.29, 0.717) is 25.3 Å². The zero-order chi connectivity index (χ0) is 27.4. The van der Waals surface area contributed by atoms with Gasteiger partial charge in [-0.15, -0.1) is 10.2 Å². The van der Waals surface area contributed by atoms with Crippen molar-refractivity contribution in [3.05, 3.63) is 65.3 Å². The van der Waals surface area contributed by atoms with E-state index in [9.17, 15) is 26.4 Å². The van der Waals surface area contributed by atoms with Crippen molar-refractivity contribution in [2.24, 2.45) is 0 Å². The molecule has 0 aliphatic carbocycles. The van der Waals surface area contributed by atoms with Gasteiger partial charge in [-0.05, 0) is 36.8 Å². The van der Waals surface area contributed by atoms with Crippen LogP contribution in [-0.4, -0.2) is 66.3 Å². The van der Waals surface area contributed by atoms with E-state index >= 15 is 0 Å². The van der Waals surface area contributed by atoms with Gasteiger partial charge in [0.1, 0.15) is 5.82 Å². The number of amides is 1. The van der Waals surface area contributed by atoms with Gasteiger partial charge in [-0.2, -0.15) is 8.78 Å². The predicted octanol–water partition coefficient (Wildman–Crippen LogP) is 3.83. The molecule has 1 fully saturated rings. The first kappa shape index (κ1) is 27.6. The van der Waals surface area contributed by atoms with E-state index in [0.717, 1.165) is 29.0 Å². The second-order valence-corrected chi connectivity index (χ2v) is 11.1. The molecule has 0 radical (unpaired) electrons. The molecule has 0 spiro atoms. The molecule has 0 unspecified atom stereocenters. The first-order valence-corrected chi connectivity index (χ1v) is 13.7. The molecule has 9 nitrogen and oxygen atoms in total. The van der Waals surface area contributed by atoms with E-state index in [2.05, 4.69) is 15.1 Å². The van der Waals surface area contributed by atoms with Gasteiger partial charge in [-0.1, -0.05) is 18.2 Å². The number of halogens is 3. The van der Waals surface area contributed by atoms with Gasteiger partial charge in [0.15, 0.2) is 0 Å². The topological polar surface area (TPSA) is 99.8 Å². The van der Waals surface area contributed by atoms with Crippen LogP contribution in [0.3, 0.4) is 0 Å². The van der Waals surface area contributed by atoms with Crippen LogP contribution in [0.15, 0.2) is 46.9 Å². The Labute approximate surface area is 218 Å². The molecular formula is C25H28F3N5O4S. The lowest BCUT2D eigenvalue weighted by Gasteiger charge is -2.34. The Balaban J connectivity index is 1.50. The maximum absolute atomic E-state index is 15.0. The second-order valence-electron chi connectivity index (χ2n) is 8.91. The van der Waals surface area contributed by atoms with Crippen LogP contribution in [0, 0.1) is 5.82 Å². The average Bonchev–Trinajstić information content (AvgIpc) is 3.40. The summed E-state index contributed by atoms with van der Waals surface area (Å²) in [5.74, 6) is -1.99. The van der Waals surface area contributed by atoms with E-state index in [1.165, 1.54) is 19.1 Å². The number of benzene rings is 2. The molecule has 3 aromatic rings. The zero-order valence-corrected chi connectivity index (χ0v) is 21.8. The highest BCUT2D eigenvalue weighted by atomic mass is 32.2. The van der Waals surface area contributed by atoms with Gasteiger partial charge in [0.25, 0.3) is 5.89 Å². The Morgan fingerprint density at radius 3 is 2.32 bits per heavy atom. The lowest BCUT2D eigenvalue weighted by atomic mass is 10.1. The quantitative estimate of drug-likeness (QED) is 0.399. The molecule has 1 saturated heterocycles. The number of hydrogen-bond acceptors (Lipinski definition) is 7. The summed E-state index contributed by atoms with van der Waals surface area (Å²) in [6, 6.07) is 10.9. The fourth-order valence-electron chi connectivity index (χ4n) is 4.16. The molecule has 0 saturated carbocycles. The molecule has 1 amide bonds.